The van der Waals surface area contributed by atoms with Crippen molar-refractivity contribution in [2.45, 2.75) is 37.8 Å². The molecule has 0 aliphatic carbocycles. The second-order valence-corrected chi connectivity index (χ2v) is 9.51. The molecule has 0 amide bonds. The predicted octanol–water partition coefficient (Wildman–Crippen LogP) is 3.23. The summed E-state index contributed by atoms with van der Waals surface area (Å²) in [5.41, 5.74) is 3.61. The zero-order valence-corrected chi connectivity index (χ0v) is 19.0. The number of pyridine rings is 1. The van der Waals surface area contributed by atoms with Crippen LogP contribution in [0.3, 0.4) is 0 Å². The minimum atomic E-state index is -0.308. The van der Waals surface area contributed by atoms with E-state index < -0.39 is 0 Å². The number of aromatic nitrogens is 1. The first-order chi connectivity index (χ1) is 16.3. The maximum atomic E-state index is 14.8. The first-order valence-corrected chi connectivity index (χ1v) is 12.2. The summed E-state index contributed by atoms with van der Waals surface area (Å²) in [6, 6.07) is 7.17. The Labute approximate surface area is 194 Å². The first kappa shape index (κ1) is 21.1. The Balaban J connectivity index is 1.22. The molecule has 8 heteroatoms. The third-order valence-electron chi connectivity index (χ3n) is 7.61. The number of halogens is 1. The Kier molecular flexibility index (Phi) is 5.82. The molecule has 1 aromatic carbocycles. The van der Waals surface area contributed by atoms with Crippen LogP contribution in [0, 0.1) is 5.82 Å². The highest BCUT2D eigenvalue weighted by Gasteiger charge is 2.29. The molecule has 3 fully saturated rings. The lowest BCUT2D eigenvalue weighted by Crippen LogP contribution is -2.42. The van der Waals surface area contributed by atoms with Crippen molar-refractivity contribution in [3.05, 3.63) is 41.3 Å². The predicted molar refractivity (Wildman–Crippen MR) is 126 cm³/mol. The molecule has 1 unspecified atom stereocenters. The Morgan fingerprint density at radius 3 is 2.70 bits per heavy atom. The Morgan fingerprint density at radius 1 is 1.06 bits per heavy atom. The number of benzene rings is 1. The largest absolute Gasteiger partial charge is 0.486 e. The molecule has 5 heterocycles. The van der Waals surface area contributed by atoms with E-state index in [0.717, 1.165) is 43.2 Å². The molecule has 3 saturated heterocycles. The number of morpholine rings is 1. The van der Waals surface area contributed by atoms with E-state index in [-0.39, 0.29) is 5.82 Å². The topological polar surface area (TPSA) is 61.9 Å². The van der Waals surface area contributed by atoms with Gasteiger partial charge >= 0.3 is 0 Å². The summed E-state index contributed by atoms with van der Waals surface area (Å²) in [5.74, 6) is 1.71. The summed E-state index contributed by atoms with van der Waals surface area (Å²) in [4.78, 5) is 9.09. The van der Waals surface area contributed by atoms with Gasteiger partial charge in [-0.05, 0) is 62.5 Å². The lowest BCUT2D eigenvalue weighted by Gasteiger charge is -2.36. The van der Waals surface area contributed by atoms with Crippen LogP contribution < -0.4 is 20.3 Å². The maximum absolute atomic E-state index is 14.8. The van der Waals surface area contributed by atoms with E-state index in [1.54, 1.807) is 0 Å². The number of ether oxygens (including phenoxy) is 2. The fourth-order valence-electron chi connectivity index (χ4n) is 5.74. The second kappa shape index (κ2) is 9.08. The van der Waals surface area contributed by atoms with Crippen LogP contribution in [0.15, 0.2) is 24.4 Å². The van der Waals surface area contributed by atoms with Gasteiger partial charge in [0.05, 0.1) is 36.3 Å². The van der Waals surface area contributed by atoms with Gasteiger partial charge in [0, 0.05) is 25.7 Å². The zero-order valence-electron chi connectivity index (χ0n) is 19.0. The van der Waals surface area contributed by atoms with Gasteiger partial charge in [0.1, 0.15) is 18.2 Å². The average molecular weight is 454 g/mol. The van der Waals surface area contributed by atoms with Crippen LogP contribution in [0.25, 0.3) is 0 Å². The minimum Gasteiger partial charge on any atom is -0.486 e. The molecular weight excluding hydrogens is 421 g/mol. The molecule has 0 bridgehead atoms. The van der Waals surface area contributed by atoms with Crippen LogP contribution in [0.5, 0.6) is 5.75 Å². The normalized spacial score (nSPS) is 23.9. The van der Waals surface area contributed by atoms with Crippen molar-refractivity contribution in [2.24, 2.45) is 0 Å². The highest BCUT2D eigenvalue weighted by atomic mass is 19.1. The summed E-state index contributed by atoms with van der Waals surface area (Å²) >= 11 is 0. The smallest absolute Gasteiger partial charge is 0.165 e. The van der Waals surface area contributed by atoms with Crippen molar-refractivity contribution in [1.29, 1.82) is 0 Å². The Hall–Kier alpha value is -2.42. The van der Waals surface area contributed by atoms with Crippen molar-refractivity contribution in [2.75, 3.05) is 62.7 Å². The summed E-state index contributed by atoms with van der Waals surface area (Å²) < 4.78 is 26.4. The monoisotopic (exact) mass is 453 g/mol. The molecule has 2 aromatic rings. The van der Waals surface area contributed by atoms with Crippen molar-refractivity contribution >= 4 is 17.2 Å². The van der Waals surface area contributed by atoms with Crippen LogP contribution >= 0.6 is 0 Å². The fraction of sp³-hybridized carbons (Fsp3) is 0.560. The van der Waals surface area contributed by atoms with Gasteiger partial charge in [0.15, 0.2) is 5.82 Å². The van der Waals surface area contributed by atoms with Crippen LogP contribution in [0.2, 0.25) is 0 Å². The molecule has 7 nitrogen and oxygen atoms in total. The number of rotatable bonds is 3. The number of piperidine rings is 1. The summed E-state index contributed by atoms with van der Waals surface area (Å²) in [6.07, 6.45) is 4.94. The van der Waals surface area contributed by atoms with Crippen molar-refractivity contribution < 1.29 is 13.9 Å². The molecule has 176 valence electrons. The Bertz CT molecular complexity index is 999. The third kappa shape index (κ3) is 4.16. The third-order valence-corrected chi connectivity index (χ3v) is 7.61. The number of nitrogens with one attached hydrogen (secondary N) is 2. The number of nitrogens with zero attached hydrogens (tertiary/aromatic N) is 3. The van der Waals surface area contributed by atoms with Gasteiger partial charge in [-0.15, -0.1) is 0 Å². The molecule has 2 N–H and O–H groups in total. The van der Waals surface area contributed by atoms with E-state index in [1.165, 1.54) is 31.0 Å². The molecule has 6 rings (SSSR count). The highest BCUT2D eigenvalue weighted by Crippen LogP contribution is 2.40. The lowest BCUT2D eigenvalue weighted by atomic mass is 9.88. The van der Waals surface area contributed by atoms with E-state index in [9.17, 15) is 4.39 Å². The lowest BCUT2D eigenvalue weighted by molar-refractivity contribution is 0.122. The number of likely N-dealkylation sites (tertiary alicyclic amines) is 1. The van der Waals surface area contributed by atoms with E-state index in [4.69, 9.17) is 9.47 Å². The van der Waals surface area contributed by atoms with Gasteiger partial charge in [-0.3, -0.25) is 4.90 Å². The maximum Gasteiger partial charge on any atom is 0.165 e. The molecule has 0 saturated carbocycles. The molecule has 4 aliphatic rings. The van der Waals surface area contributed by atoms with Gasteiger partial charge in [0.25, 0.3) is 0 Å². The second-order valence-electron chi connectivity index (χ2n) is 9.51. The molecule has 1 atom stereocenters. The van der Waals surface area contributed by atoms with Crippen molar-refractivity contribution in [1.82, 2.24) is 15.2 Å². The number of hydrogen-bond donors (Lipinski definition) is 2. The van der Waals surface area contributed by atoms with Crippen LogP contribution in [0.1, 0.15) is 36.3 Å². The van der Waals surface area contributed by atoms with Gasteiger partial charge in [0.2, 0.25) is 0 Å². The van der Waals surface area contributed by atoms with E-state index in [1.807, 2.05) is 4.90 Å². The quantitative estimate of drug-likeness (QED) is 0.740. The first-order valence-electron chi connectivity index (χ1n) is 12.2. The SMILES string of the molecule is Fc1cnc2c(c1N1CCOCC1)COc1ccc(C3CCN(C4CCNC4)CC3)cc1N2. The molecule has 4 aliphatic heterocycles. The van der Waals surface area contributed by atoms with Crippen molar-refractivity contribution in [3.8, 4) is 5.75 Å². The molecule has 33 heavy (non-hydrogen) atoms. The van der Waals surface area contributed by atoms with Crippen LogP contribution in [-0.2, 0) is 11.3 Å². The number of hydrogen-bond acceptors (Lipinski definition) is 7. The standard InChI is InChI=1S/C25H32FN5O2/c26-21-15-28-25-20(24(21)31-9-11-32-12-10-31)16-33-23-2-1-18(13-22(23)29-25)17-4-7-30(8-5-17)19-3-6-27-14-19/h1-2,13,15,17,19,27H,3-12,14,16H2,(H,28,29). The van der Waals surface area contributed by atoms with E-state index >= 15 is 0 Å². The highest BCUT2D eigenvalue weighted by molar-refractivity contribution is 5.73. The van der Waals surface area contributed by atoms with Crippen LogP contribution in [0.4, 0.5) is 21.6 Å². The average Bonchev–Trinajstić information content (AvgIpc) is 3.34. The fourth-order valence-corrected chi connectivity index (χ4v) is 5.74. The van der Waals surface area contributed by atoms with E-state index in [2.05, 4.69) is 38.7 Å². The summed E-state index contributed by atoms with van der Waals surface area (Å²) in [6.45, 7) is 7.42. The van der Waals surface area contributed by atoms with E-state index in [0.29, 0.717) is 56.4 Å². The number of fused-ring (bicyclic) bond motifs is 2. The molecular formula is C25H32FN5O2. The minimum absolute atomic E-state index is 0.292. The van der Waals surface area contributed by atoms with Gasteiger partial charge < -0.3 is 25.0 Å². The molecule has 0 spiro atoms. The molecule has 0 radical (unpaired) electrons. The van der Waals surface area contributed by atoms with Gasteiger partial charge in [-0.1, -0.05) is 6.07 Å². The van der Waals surface area contributed by atoms with Crippen molar-refractivity contribution in [3.63, 3.8) is 0 Å². The Morgan fingerprint density at radius 2 is 1.91 bits per heavy atom. The van der Waals surface area contributed by atoms with Gasteiger partial charge in [-0.2, -0.15) is 0 Å². The van der Waals surface area contributed by atoms with Crippen LogP contribution in [-0.4, -0.2) is 68.4 Å². The number of anilines is 3. The molecule has 1 aromatic heterocycles. The summed E-state index contributed by atoms with van der Waals surface area (Å²) in [5, 5.41) is 6.95. The van der Waals surface area contributed by atoms with Gasteiger partial charge in [-0.25, -0.2) is 9.37 Å². The summed E-state index contributed by atoms with van der Waals surface area (Å²) in [7, 11) is 0. The zero-order chi connectivity index (χ0) is 22.2.